The Hall–Kier alpha value is -2.04. The molecule has 4 rings (SSSR count). The van der Waals surface area contributed by atoms with Crippen LogP contribution in [0.15, 0.2) is 17.1 Å². The van der Waals surface area contributed by atoms with Crippen LogP contribution in [0.1, 0.15) is 49.7 Å². The molecule has 1 aliphatic heterocycles. The Morgan fingerprint density at radius 1 is 1.30 bits per heavy atom. The predicted octanol–water partition coefficient (Wildman–Crippen LogP) is 1.27. The van der Waals surface area contributed by atoms with E-state index in [9.17, 15) is 18.3 Å². The quantitative estimate of drug-likeness (QED) is 0.736. The predicted molar refractivity (Wildman–Crippen MR) is 115 cm³/mol. The molecule has 9 nitrogen and oxygen atoms in total. The highest BCUT2D eigenvalue weighted by Gasteiger charge is 2.34. The van der Waals surface area contributed by atoms with Crippen molar-refractivity contribution in [3.8, 4) is 0 Å². The minimum atomic E-state index is -3.34. The van der Waals surface area contributed by atoms with Crippen LogP contribution in [0.25, 0.3) is 11.0 Å². The normalized spacial score (nSPS) is 29.8. The van der Waals surface area contributed by atoms with Crippen molar-refractivity contribution in [3.63, 3.8) is 0 Å². The Labute approximate surface area is 181 Å². The molecule has 10 heteroatoms. The fourth-order valence-electron chi connectivity index (χ4n) is 4.35. The summed E-state index contributed by atoms with van der Waals surface area (Å²) in [6.45, 7) is -0.430. The smallest absolute Gasteiger partial charge is 0.255 e. The summed E-state index contributed by atoms with van der Waals surface area (Å²) >= 11 is 0. The van der Waals surface area contributed by atoms with Gasteiger partial charge in [0.15, 0.2) is 0 Å². The Kier molecular flexibility index (Phi) is 4.38. The first-order valence-electron chi connectivity index (χ1n) is 12.0. The zero-order valence-corrected chi connectivity index (χ0v) is 17.8. The van der Waals surface area contributed by atoms with E-state index in [0.29, 0.717) is 18.2 Å². The molecule has 1 aliphatic carbocycles. The summed E-state index contributed by atoms with van der Waals surface area (Å²) in [5.41, 5.74) is -0.772. The monoisotopic (exact) mass is 439 g/mol. The molecule has 30 heavy (non-hydrogen) atoms. The summed E-state index contributed by atoms with van der Waals surface area (Å²) in [5.74, 6) is -0.182. The maximum absolute atomic E-state index is 13.3. The van der Waals surface area contributed by atoms with Crippen LogP contribution in [0, 0.1) is 12.8 Å². The Morgan fingerprint density at radius 3 is 2.63 bits per heavy atom. The summed E-state index contributed by atoms with van der Waals surface area (Å²) in [7, 11) is -3.34. The summed E-state index contributed by atoms with van der Waals surface area (Å²) in [5, 5.41) is 13.6. The lowest BCUT2D eigenvalue weighted by molar-refractivity contribution is 0.129. The molecule has 1 saturated heterocycles. The number of aromatic nitrogens is 3. The van der Waals surface area contributed by atoms with Crippen molar-refractivity contribution in [1.29, 1.82) is 0 Å². The number of sulfonamides is 1. The van der Waals surface area contributed by atoms with Gasteiger partial charge in [0.1, 0.15) is 5.65 Å². The molecule has 0 amide bonds. The third-order valence-corrected chi connectivity index (χ3v) is 7.46. The van der Waals surface area contributed by atoms with Crippen molar-refractivity contribution in [1.82, 2.24) is 18.8 Å². The van der Waals surface area contributed by atoms with Crippen LogP contribution in [0.2, 0.25) is 0 Å². The van der Waals surface area contributed by atoms with E-state index < -0.39 is 40.6 Å². The molecular formula is C20H29N5O4S. The van der Waals surface area contributed by atoms with Crippen LogP contribution < -0.4 is 10.9 Å². The van der Waals surface area contributed by atoms with E-state index in [1.165, 1.54) is 21.1 Å². The van der Waals surface area contributed by atoms with E-state index in [1.807, 2.05) is 6.92 Å². The van der Waals surface area contributed by atoms with Crippen LogP contribution in [-0.4, -0.2) is 63.8 Å². The van der Waals surface area contributed by atoms with Crippen LogP contribution in [0.3, 0.4) is 0 Å². The highest BCUT2D eigenvalue weighted by Crippen LogP contribution is 2.36. The average Bonchev–Trinajstić information content (AvgIpc) is 3.04. The molecular weight excluding hydrogens is 406 g/mol. The third-order valence-electron chi connectivity index (χ3n) is 6.16. The van der Waals surface area contributed by atoms with Crippen molar-refractivity contribution < 1.29 is 19.0 Å². The van der Waals surface area contributed by atoms with Crippen molar-refractivity contribution in [2.24, 2.45) is 5.92 Å². The molecule has 0 spiro atoms. The van der Waals surface area contributed by atoms with E-state index in [0.717, 1.165) is 6.26 Å². The maximum Gasteiger partial charge on any atom is 0.255 e. The highest BCUT2D eigenvalue weighted by atomic mass is 32.2. The Bertz CT molecular complexity index is 1260. The van der Waals surface area contributed by atoms with Crippen LogP contribution in [0.5, 0.6) is 0 Å². The summed E-state index contributed by atoms with van der Waals surface area (Å²) < 4.78 is 58.3. The second kappa shape index (κ2) is 7.90. The summed E-state index contributed by atoms with van der Waals surface area (Å²) in [4.78, 5) is 22.0. The number of piperidine rings is 1. The number of pyridine rings is 1. The molecule has 1 saturated carbocycles. The molecule has 0 aromatic carbocycles. The van der Waals surface area contributed by atoms with Gasteiger partial charge in [-0.1, -0.05) is 6.92 Å². The Balaban J connectivity index is 1.75. The molecule has 0 radical (unpaired) electrons. The molecule has 2 fully saturated rings. The zero-order valence-electron chi connectivity index (χ0n) is 21.0. The minimum Gasteiger partial charge on any atom is -0.393 e. The lowest BCUT2D eigenvalue weighted by Crippen LogP contribution is -2.42. The van der Waals surface area contributed by atoms with Gasteiger partial charge in [0.2, 0.25) is 16.0 Å². The number of nitrogens with one attached hydrogen (secondary N) is 1. The summed E-state index contributed by atoms with van der Waals surface area (Å²) in [6, 6.07) is -0.352. The van der Waals surface area contributed by atoms with E-state index in [4.69, 9.17) is 5.48 Å². The standard InChI is InChI=1S/C20H29N5O4S/c1-12-10-14-11-21-20(22-15-6-8-24(9-7-15)30(3,28)29)23-18(14)25(19(12)27)16-4-5-17(26)13(16)2/h10-11,13,15-17,26H,4-9H2,1-3H3,(H,21,22,23)/t13-,16+,17+/m1/s1/i1D3,15D. The fourth-order valence-corrected chi connectivity index (χ4v) is 5.19. The number of aryl methyl sites for hydroxylation is 1. The summed E-state index contributed by atoms with van der Waals surface area (Å²) in [6.07, 6.45) is 3.37. The van der Waals surface area contributed by atoms with Crippen LogP contribution in [0.4, 0.5) is 5.95 Å². The van der Waals surface area contributed by atoms with Gasteiger partial charge in [0, 0.05) is 52.3 Å². The fraction of sp³-hybridized carbons (Fsp3) is 0.650. The molecule has 2 aromatic heterocycles. The van der Waals surface area contributed by atoms with E-state index >= 15 is 0 Å². The topological polar surface area (TPSA) is 117 Å². The number of hydrogen-bond acceptors (Lipinski definition) is 7. The van der Waals surface area contributed by atoms with Gasteiger partial charge in [0.25, 0.3) is 5.56 Å². The van der Waals surface area contributed by atoms with Gasteiger partial charge in [-0.05, 0) is 38.6 Å². The van der Waals surface area contributed by atoms with Gasteiger partial charge >= 0.3 is 0 Å². The molecule has 3 atom stereocenters. The van der Waals surface area contributed by atoms with Gasteiger partial charge < -0.3 is 10.4 Å². The third kappa shape index (κ3) is 3.95. The van der Waals surface area contributed by atoms with Gasteiger partial charge in [-0.15, -0.1) is 0 Å². The maximum atomic E-state index is 13.3. The molecule has 3 heterocycles. The van der Waals surface area contributed by atoms with Crippen molar-refractivity contribution in [2.75, 3.05) is 24.7 Å². The number of aliphatic hydroxyl groups is 1. The van der Waals surface area contributed by atoms with Gasteiger partial charge in [-0.3, -0.25) is 9.36 Å². The molecule has 2 aromatic rings. The molecule has 164 valence electrons. The first kappa shape index (κ1) is 16.6. The van der Waals surface area contributed by atoms with Crippen LogP contribution in [-0.2, 0) is 10.0 Å². The average molecular weight is 440 g/mol. The van der Waals surface area contributed by atoms with Gasteiger partial charge in [-0.25, -0.2) is 17.7 Å². The second-order valence-corrected chi connectivity index (χ2v) is 10.1. The Morgan fingerprint density at radius 2 is 2.03 bits per heavy atom. The first-order valence-corrected chi connectivity index (χ1v) is 11.9. The van der Waals surface area contributed by atoms with Crippen molar-refractivity contribution >= 4 is 27.0 Å². The molecule has 0 bridgehead atoms. The second-order valence-electron chi connectivity index (χ2n) is 8.17. The van der Waals surface area contributed by atoms with Crippen molar-refractivity contribution in [3.05, 3.63) is 28.2 Å². The minimum absolute atomic E-state index is 0.0938. The molecule has 2 aliphatic rings. The number of aliphatic hydroxyl groups excluding tert-OH is 1. The zero-order chi connectivity index (χ0) is 25.1. The highest BCUT2D eigenvalue weighted by molar-refractivity contribution is 7.88. The lowest BCUT2D eigenvalue weighted by Gasteiger charge is -2.30. The largest absolute Gasteiger partial charge is 0.393 e. The number of hydrogen-bond donors (Lipinski definition) is 2. The van der Waals surface area contributed by atoms with E-state index in [1.54, 1.807) is 0 Å². The number of fused-ring (bicyclic) bond motifs is 1. The number of anilines is 1. The molecule has 0 unspecified atom stereocenters. The SMILES string of the molecule is [2H]C1(Nc2ncc3cc(C([2H])([2H])[2H])c(=O)n([C@H]4CC[C@H](O)[C@@H]4C)c3n2)CCN(S(C)(=O)=O)CC1. The molecule has 2 N–H and O–H groups in total. The van der Waals surface area contributed by atoms with Gasteiger partial charge in [-0.2, -0.15) is 4.98 Å². The van der Waals surface area contributed by atoms with E-state index in [-0.39, 0.29) is 49.0 Å². The van der Waals surface area contributed by atoms with E-state index in [2.05, 4.69) is 15.3 Å². The number of rotatable bonds is 4. The van der Waals surface area contributed by atoms with Gasteiger partial charge in [0.05, 0.1) is 13.7 Å². The van der Waals surface area contributed by atoms with Crippen LogP contribution >= 0.6 is 0 Å². The first-order chi connectivity index (χ1) is 15.7. The lowest BCUT2D eigenvalue weighted by atomic mass is 10.0. The number of nitrogens with zero attached hydrogens (tertiary/aromatic N) is 4. The van der Waals surface area contributed by atoms with Crippen molar-refractivity contribution in [2.45, 2.75) is 57.6 Å².